The van der Waals surface area contributed by atoms with Gasteiger partial charge in [0.2, 0.25) is 0 Å². The Kier molecular flexibility index (Phi) is 9.31. The van der Waals surface area contributed by atoms with Gasteiger partial charge in [0.05, 0.1) is 0 Å². The van der Waals surface area contributed by atoms with Gasteiger partial charge < -0.3 is 5.32 Å². The summed E-state index contributed by atoms with van der Waals surface area (Å²) in [6, 6.07) is 0. The van der Waals surface area contributed by atoms with Gasteiger partial charge in [-0.25, -0.2) is 0 Å². The number of hydrogen-bond donors (Lipinski definition) is 1. The highest BCUT2D eigenvalue weighted by atomic mass is 32.2. The summed E-state index contributed by atoms with van der Waals surface area (Å²) in [5.41, 5.74) is 4.17. The number of rotatable bonds is 8. The van der Waals surface area contributed by atoms with Crippen molar-refractivity contribution in [3.8, 4) is 0 Å². The molecule has 0 rings (SSSR count). The van der Waals surface area contributed by atoms with E-state index in [1.165, 1.54) is 4.91 Å². The van der Waals surface area contributed by atoms with Crippen LogP contribution in [0.15, 0.2) is 82.8 Å². The van der Waals surface area contributed by atoms with Crippen molar-refractivity contribution in [3.05, 3.63) is 82.8 Å². The predicted octanol–water partition coefficient (Wildman–Crippen LogP) is 5.51. The Balaban J connectivity index is 5.70. The Labute approximate surface area is 128 Å². The Morgan fingerprint density at radius 3 is 2.10 bits per heavy atom. The molecule has 0 spiro atoms. The molecule has 0 unspecified atom stereocenters. The molecule has 1 N–H and O–H groups in total. The number of nitrogens with one attached hydrogen (secondary N) is 1. The van der Waals surface area contributed by atoms with E-state index in [1.807, 2.05) is 33.2 Å². The lowest BCUT2D eigenvalue weighted by molar-refractivity contribution is 0.987. The molecule has 0 aromatic carbocycles. The van der Waals surface area contributed by atoms with Crippen molar-refractivity contribution in [3.63, 3.8) is 0 Å². The van der Waals surface area contributed by atoms with Crippen molar-refractivity contribution in [2.24, 2.45) is 0 Å². The largest absolute Gasteiger partial charge is 0.392 e. The second-order valence-corrected chi connectivity index (χ2v) is 5.10. The number of hydrogen-bond acceptors (Lipinski definition) is 2. The molecule has 0 bridgehead atoms. The van der Waals surface area contributed by atoms with Gasteiger partial charge in [0.1, 0.15) is 0 Å². The third-order valence-corrected chi connectivity index (χ3v) is 3.65. The molecule has 1 nitrogen and oxygen atoms in total. The van der Waals surface area contributed by atoms with Crippen LogP contribution in [-0.4, -0.2) is 7.05 Å². The third kappa shape index (κ3) is 5.98. The molecule has 0 aromatic rings. The van der Waals surface area contributed by atoms with Crippen molar-refractivity contribution >= 4 is 11.8 Å². The third-order valence-electron chi connectivity index (χ3n) is 2.76. The Morgan fingerprint density at radius 1 is 1.05 bits per heavy atom. The predicted molar refractivity (Wildman–Crippen MR) is 95.5 cm³/mol. The van der Waals surface area contributed by atoms with Crippen LogP contribution in [0, 0.1) is 0 Å². The lowest BCUT2D eigenvalue weighted by atomic mass is 10.0. The lowest BCUT2D eigenvalue weighted by Gasteiger charge is -2.09. The minimum atomic E-state index is 0.901. The van der Waals surface area contributed by atoms with E-state index in [9.17, 15) is 0 Å². The van der Waals surface area contributed by atoms with Crippen molar-refractivity contribution in [1.29, 1.82) is 0 Å². The minimum absolute atomic E-state index is 0.901. The molecular weight excluding hydrogens is 262 g/mol. The first-order valence-electron chi connectivity index (χ1n) is 6.54. The Bertz CT molecular complexity index is 488. The molecule has 0 saturated carbocycles. The van der Waals surface area contributed by atoms with E-state index in [0.717, 1.165) is 22.4 Å². The lowest BCUT2D eigenvalue weighted by Crippen LogP contribution is -2.02. The van der Waals surface area contributed by atoms with Crippen molar-refractivity contribution in [1.82, 2.24) is 5.32 Å². The molecule has 108 valence electrons. The van der Waals surface area contributed by atoms with E-state index >= 15 is 0 Å². The molecule has 0 atom stereocenters. The van der Waals surface area contributed by atoms with Gasteiger partial charge in [0.25, 0.3) is 0 Å². The van der Waals surface area contributed by atoms with Crippen LogP contribution in [0.4, 0.5) is 0 Å². The van der Waals surface area contributed by atoms with Gasteiger partial charge in [-0.1, -0.05) is 49.7 Å². The van der Waals surface area contributed by atoms with Gasteiger partial charge in [0.15, 0.2) is 0 Å². The van der Waals surface area contributed by atoms with Gasteiger partial charge in [-0.2, -0.15) is 0 Å². The van der Waals surface area contributed by atoms with E-state index < -0.39 is 0 Å². The summed E-state index contributed by atoms with van der Waals surface area (Å²) in [5.74, 6) is 0. The van der Waals surface area contributed by atoms with Crippen LogP contribution in [-0.2, 0) is 0 Å². The number of thioether (sulfide) groups is 1. The van der Waals surface area contributed by atoms with E-state index in [4.69, 9.17) is 0 Å². The minimum Gasteiger partial charge on any atom is -0.392 e. The van der Waals surface area contributed by atoms with Gasteiger partial charge in [-0.15, -0.1) is 0 Å². The SMILES string of the molecule is C=CSC(=C\C)/C(/C=C(/C=C(\C)NC)C(=C)C=C)=C/C. The number of allylic oxidation sites excluding steroid dienone is 9. The first-order valence-corrected chi connectivity index (χ1v) is 7.41. The zero-order chi connectivity index (χ0) is 15.5. The molecule has 0 amide bonds. The average Bonchev–Trinajstić information content (AvgIpc) is 2.48. The molecule has 0 fully saturated rings. The van der Waals surface area contributed by atoms with Gasteiger partial charge >= 0.3 is 0 Å². The smallest absolute Gasteiger partial charge is 0.0142 e. The van der Waals surface area contributed by atoms with Gasteiger partial charge in [-0.05, 0) is 55.1 Å². The monoisotopic (exact) mass is 287 g/mol. The Morgan fingerprint density at radius 2 is 1.70 bits per heavy atom. The Hall–Kier alpha value is -1.67. The van der Waals surface area contributed by atoms with Gasteiger partial charge in [0, 0.05) is 17.6 Å². The van der Waals surface area contributed by atoms with Crippen LogP contribution in [0.2, 0.25) is 0 Å². The highest BCUT2D eigenvalue weighted by molar-refractivity contribution is 8.06. The van der Waals surface area contributed by atoms with Crippen LogP contribution in [0.3, 0.4) is 0 Å². The second kappa shape index (κ2) is 10.2. The molecular formula is C18H25NS. The maximum absolute atomic E-state index is 4.05. The molecule has 0 aliphatic rings. The summed E-state index contributed by atoms with van der Waals surface area (Å²) in [5, 5.41) is 4.96. The topological polar surface area (TPSA) is 12.0 Å². The summed E-state index contributed by atoms with van der Waals surface area (Å²) in [4.78, 5) is 1.17. The van der Waals surface area contributed by atoms with Gasteiger partial charge in [-0.3, -0.25) is 0 Å². The van der Waals surface area contributed by atoms with E-state index in [1.54, 1.807) is 17.8 Å². The van der Waals surface area contributed by atoms with E-state index in [0.29, 0.717) is 0 Å². The maximum atomic E-state index is 4.05. The van der Waals surface area contributed by atoms with Crippen LogP contribution >= 0.6 is 11.8 Å². The van der Waals surface area contributed by atoms with Crippen LogP contribution < -0.4 is 5.32 Å². The molecule has 0 aliphatic heterocycles. The zero-order valence-corrected chi connectivity index (χ0v) is 13.8. The summed E-state index contributed by atoms with van der Waals surface area (Å²) in [6.07, 6.45) is 10.1. The summed E-state index contributed by atoms with van der Waals surface area (Å²) >= 11 is 1.62. The first kappa shape index (κ1) is 18.3. The molecule has 0 radical (unpaired) electrons. The molecule has 20 heavy (non-hydrogen) atoms. The van der Waals surface area contributed by atoms with Crippen LogP contribution in [0.5, 0.6) is 0 Å². The first-order chi connectivity index (χ1) is 9.53. The standard InChI is InChI=1S/C18H25NS/c1-8-14(5)17(12-15(6)19-7)13-16(9-2)18(10-3)20-11-4/h8-13,19H,1,4-5H2,2-3,6-7H3/b15-12+,16-9+,17-13-,18-10-. The normalized spacial score (nSPS) is 14.0. The summed E-state index contributed by atoms with van der Waals surface area (Å²) in [6.45, 7) is 17.7. The second-order valence-electron chi connectivity index (χ2n) is 4.09. The zero-order valence-electron chi connectivity index (χ0n) is 13.0. The molecule has 0 aliphatic carbocycles. The highest BCUT2D eigenvalue weighted by Gasteiger charge is 2.04. The fraction of sp³-hybridized carbons (Fsp3) is 0.222. The fourth-order valence-corrected chi connectivity index (χ4v) is 2.14. The van der Waals surface area contributed by atoms with Crippen molar-refractivity contribution in [2.45, 2.75) is 20.8 Å². The fourth-order valence-electron chi connectivity index (χ4n) is 1.51. The molecule has 0 saturated heterocycles. The molecule has 2 heteroatoms. The van der Waals surface area contributed by atoms with Crippen molar-refractivity contribution < 1.29 is 0 Å². The summed E-state index contributed by atoms with van der Waals surface area (Å²) < 4.78 is 0. The molecule has 0 heterocycles. The van der Waals surface area contributed by atoms with E-state index in [2.05, 4.69) is 49.4 Å². The van der Waals surface area contributed by atoms with Crippen LogP contribution in [0.1, 0.15) is 20.8 Å². The maximum Gasteiger partial charge on any atom is 0.0142 e. The summed E-state index contributed by atoms with van der Waals surface area (Å²) in [7, 11) is 1.90. The van der Waals surface area contributed by atoms with Crippen LogP contribution in [0.25, 0.3) is 0 Å². The highest BCUT2D eigenvalue weighted by Crippen LogP contribution is 2.28. The van der Waals surface area contributed by atoms with Crippen molar-refractivity contribution in [2.75, 3.05) is 7.05 Å². The van der Waals surface area contributed by atoms with E-state index in [-0.39, 0.29) is 0 Å². The average molecular weight is 287 g/mol. The molecule has 0 aromatic heterocycles. The quantitative estimate of drug-likeness (QED) is 0.591.